The number of hydrogen-bond acceptors (Lipinski definition) is 2. The molecule has 0 amide bonds. The molecule has 1 unspecified atom stereocenters. The molecule has 102 valence electrons. The molecule has 0 aliphatic carbocycles. The molecule has 0 saturated heterocycles. The van der Waals surface area contributed by atoms with Crippen LogP contribution in [-0.4, -0.2) is 16.1 Å². The van der Waals surface area contributed by atoms with Crippen LogP contribution < -0.4 is 0 Å². The predicted molar refractivity (Wildman–Crippen MR) is 77.5 cm³/mol. The lowest BCUT2D eigenvalue weighted by Gasteiger charge is -2.23. The van der Waals surface area contributed by atoms with Crippen LogP contribution >= 0.6 is 11.6 Å². The van der Waals surface area contributed by atoms with Gasteiger partial charge in [0.15, 0.2) is 0 Å². The highest BCUT2D eigenvalue weighted by molar-refractivity contribution is 6.31. The van der Waals surface area contributed by atoms with Crippen molar-refractivity contribution in [3.8, 4) is 0 Å². The number of carbonyl (C=O) groups is 1. The van der Waals surface area contributed by atoms with Crippen molar-refractivity contribution in [1.82, 2.24) is 4.57 Å². The first-order valence-corrected chi connectivity index (χ1v) is 6.65. The molecule has 1 heterocycles. The van der Waals surface area contributed by atoms with Crippen molar-refractivity contribution < 1.29 is 9.53 Å². The summed E-state index contributed by atoms with van der Waals surface area (Å²) in [5.74, 6) is -0.245. The number of nitrogens with zero attached hydrogens (tertiary/aromatic N) is 1. The number of fused-ring (bicyclic) bond motifs is 1. The lowest BCUT2D eigenvalue weighted by molar-refractivity contribution is -0.158. The Morgan fingerprint density at radius 2 is 2.00 bits per heavy atom. The molecular formula is C15H18ClNO2. The molecule has 0 bridgehead atoms. The van der Waals surface area contributed by atoms with Gasteiger partial charge < -0.3 is 9.30 Å². The Bertz CT molecular complexity index is 610. The van der Waals surface area contributed by atoms with Gasteiger partial charge in [0.2, 0.25) is 0 Å². The van der Waals surface area contributed by atoms with E-state index in [-0.39, 0.29) is 12.0 Å². The second-order valence-corrected chi connectivity index (χ2v) is 6.07. The highest BCUT2D eigenvalue weighted by atomic mass is 35.5. The Labute approximate surface area is 118 Å². The summed E-state index contributed by atoms with van der Waals surface area (Å²) in [4.78, 5) is 12.1. The molecule has 0 radical (unpaired) electrons. The van der Waals surface area contributed by atoms with Gasteiger partial charge in [0.25, 0.3) is 0 Å². The number of hydrogen-bond donors (Lipinski definition) is 0. The van der Waals surface area contributed by atoms with Gasteiger partial charge in [0, 0.05) is 11.2 Å². The molecule has 1 atom stereocenters. The minimum atomic E-state index is -0.480. The molecule has 0 spiro atoms. The van der Waals surface area contributed by atoms with E-state index < -0.39 is 5.60 Å². The van der Waals surface area contributed by atoms with Gasteiger partial charge >= 0.3 is 5.97 Å². The van der Waals surface area contributed by atoms with Crippen LogP contribution in [0.15, 0.2) is 30.5 Å². The van der Waals surface area contributed by atoms with E-state index in [2.05, 4.69) is 0 Å². The second-order valence-electron chi connectivity index (χ2n) is 5.64. The van der Waals surface area contributed by atoms with E-state index in [1.165, 1.54) is 0 Å². The summed E-state index contributed by atoms with van der Waals surface area (Å²) in [6.45, 7) is 7.42. The first-order chi connectivity index (χ1) is 8.78. The Morgan fingerprint density at radius 1 is 1.32 bits per heavy atom. The molecule has 0 aliphatic heterocycles. The van der Waals surface area contributed by atoms with Crippen molar-refractivity contribution in [3.63, 3.8) is 0 Å². The van der Waals surface area contributed by atoms with Gasteiger partial charge in [0.1, 0.15) is 11.6 Å². The van der Waals surface area contributed by atoms with E-state index in [4.69, 9.17) is 16.3 Å². The average molecular weight is 280 g/mol. The molecule has 1 aromatic heterocycles. The van der Waals surface area contributed by atoms with Crippen molar-refractivity contribution >= 4 is 28.5 Å². The summed E-state index contributed by atoms with van der Waals surface area (Å²) >= 11 is 6.01. The van der Waals surface area contributed by atoms with Crippen LogP contribution in [0, 0.1) is 0 Å². The third-order valence-electron chi connectivity index (χ3n) is 2.85. The summed E-state index contributed by atoms with van der Waals surface area (Å²) in [6, 6.07) is 7.22. The number of rotatable bonds is 2. The quantitative estimate of drug-likeness (QED) is 0.772. The summed E-state index contributed by atoms with van der Waals surface area (Å²) < 4.78 is 7.29. The molecule has 19 heavy (non-hydrogen) atoms. The molecule has 4 heteroatoms. The minimum Gasteiger partial charge on any atom is -0.458 e. The van der Waals surface area contributed by atoms with E-state index in [1.807, 2.05) is 62.7 Å². The van der Waals surface area contributed by atoms with Gasteiger partial charge in [-0.1, -0.05) is 17.7 Å². The van der Waals surface area contributed by atoms with Crippen LogP contribution in [-0.2, 0) is 9.53 Å². The van der Waals surface area contributed by atoms with E-state index in [9.17, 15) is 4.79 Å². The first kappa shape index (κ1) is 13.9. The van der Waals surface area contributed by atoms with Crippen molar-refractivity contribution in [3.05, 3.63) is 35.5 Å². The molecule has 2 aromatic rings. The number of benzene rings is 1. The van der Waals surface area contributed by atoms with Crippen molar-refractivity contribution in [2.45, 2.75) is 39.3 Å². The molecule has 0 aliphatic rings. The average Bonchev–Trinajstić information content (AvgIpc) is 2.68. The maximum Gasteiger partial charge on any atom is 0.329 e. The lowest BCUT2D eigenvalue weighted by atomic mass is 10.2. The fraction of sp³-hybridized carbons (Fsp3) is 0.400. The molecule has 3 nitrogen and oxygen atoms in total. The molecular weight excluding hydrogens is 262 g/mol. The van der Waals surface area contributed by atoms with Gasteiger partial charge in [-0.2, -0.15) is 0 Å². The summed E-state index contributed by atoms with van der Waals surface area (Å²) in [7, 11) is 0. The van der Waals surface area contributed by atoms with Gasteiger partial charge in [0.05, 0.1) is 5.52 Å². The first-order valence-electron chi connectivity index (χ1n) is 6.27. The van der Waals surface area contributed by atoms with E-state index in [0.717, 1.165) is 10.9 Å². The minimum absolute atomic E-state index is 0.245. The van der Waals surface area contributed by atoms with Crippen LogP contribution in [0.1, 0.15) is 33.7 Å². The number of carbonyl (C=O) groups excluding carboxylic acids is 1. The third kappa shape index (κ3) is 3.10. The van der Waals surface area contributed by atoms with E-state index in [1.54, 1.807) is 0 Å². The molecule has 0 saturated carbocycles. The zero-order valence-corrected chi connectivity index (χ0v) is 12.4. The van der Waals surface area contributed by atoms with Crippen LogP contribution in [0.3, 0.4) is 0 Å². The highest BCUT2D eigenvalue weighted by Crippen LogP contribution is 2.25. The zero-order chi connectivity index (χ0) is 14.2. The van der Waals surface area contributed by atoms with Crippen LogP contribution in [0.5, 0.6) is 0 Å². The number of aromatic nitrogens is 1. The maximum atomic E-state index is 12.1. The molecule has 0 fully saturated rings. The zero-order valence-electron chi connectivity index (χ0n) is 11.6. The highest BCUT2D eigenvalue weighted by Gasteiger charge is 2.23. The van der Waals surface area contributed by atoms with Gasteiger partial charge in [-0.3, -0.25) is 0 Å². The van der Waals surface area contributed by atoms with Gasteiger partial charge in [-0.05, 0) is 51.3 Å². The summed E-state index contributed by atoms with van der Waals surface area (Å²) in [5, 5.41) is 1.71. The molecule has 2 rings (SSSR count). The van der Waals surface area contributed by atoms with Crippen molar-refractivity contribution in [1.29, 1.82) is 0 Å². The Kier molecular flexibility index (Phi) is 3.59. The smallest absolute Gasteiger partial charge is 0.329 e. The Hall–Kier alpha value is -1.48. The van der Waals surface area contributed by atoms with Gasteiger partial charge in [-0.15, -0.1) is 0 Å². The normalized spacial score (nSPS) is 13.5. The number of ether oxygens (including phenoxy) is 1. The second kappa shape index (κ2) is 4.89. The van der Waals surface area contributed by atoms with Crippen LogP contribution in [0.2, 0.25) is 5.02 Å². The summed E-state index contributed by atoms with van der Waals surface area (Å²) in [6.07, 6.45) is 1.88. The monoisotopic (exact) mass is 279 g/mol. The Balaban J connectivity index is 2.33. The number of esters is 1. The summed E-state index contributed by atoms with van der Waals surface area (Å²) in [5.41, 5.74) is 0.456. The standard InChI is InChI=1S/C15H18ClNO2/c1-10(14(18)19-15(2,3)4)17-8-7-11-5-6-12(16)9-13(11)17/h5-10H,1-4H3. The maximum absolute atomic E-state index is 12.1. The molecule has 1 aromatic carbocycles. The molecule has 0 N–H and O–H groups in total. The van der Waals surface area contributed by atoms with Crippen molar-refractivity contribution in [2.24, 2.45) is 0 Å². The lowest BCUT2D eigenvalue weighted by Crippen LogP contribution is -2.28. The Morgan fingerprint density at radius 3 is 2.63 bits per heavy atom. The largest absolute Gasteiger partial charge is 0.458 e. The van der Waals surface area contributed by atoms with Crippen LogP contribution in [0.25, 0.3) is 10.9 Å². The van der Waals surface area contributed by atoms with Crippen LogP contribution in [0.4, 0.5) is 0 Å². The van der Waals surface area contributed by atoms with Crippen molar-refractivity contribution in [2.75, 3.05) is 0 Å². The fourth-order valence-corrected chi connectivity index (χ4v) is 2.13. The van der Waals surface area contributed by atoms with Gasteiger partial charge in [-0.25, -0.2) is 4.79 Å². The van der Waals surface area contributed by atoms with E-state index in [0.29, 0.717) is 5.02 Å². The fourth-order valence-electron chi connectivity index (χ4n) is 1.96. The number of halogens is 1. The van der Waals surface area contributed by atoms with E-state index >= 15 is 0 Å². The topological polar surface area (TPSA) is 31.2 Å². The predicted octanol–water partition coefficient (Wildman–Crippen LogP) is 4.20. The third-order valence-corrected chi connectivity index (χ3v) is 3.09. The SMILES string of the molecule is CC(C(=O)OC(C)(C)C)n1ccc2ccc(Cl)cc21.